The van der Waals surface area contributed by atoms with Crippen molar-refractivity contribution in [2.75, 3.05) is 31.1 Å². The zero-order valence-corrected chi connectivity index (χ0v) is 10.9. The number of hydrogen-bond acceptors (Lipinski definition) is 3. The van der Waals surface area contributed by atoms with Gasteiger partial charge in [0.25, 0.3) is 0 Å². The Morgan fingerprint density at radius 3 is 3.00 bits per heavy atom. The summed E-state index contributed by atoms with van der Waals surface area (Å²) in [5, 5.41) is 3.68. The molecule has 16 heavy (non-hydrogen) atoms. The van der Waals surface area contributed by atoms with Gasteiger partial charge in [0, 0.05) is 37.5 Å². The lowest BCUT2D eigenvalue weighted by molar-refractivity contribution is 0.141. The van der Waals surface area contributed by atoms with Gasteiger partial charge in [-0.15, -0.1) is 18.2 Å². The molecule has 2 rings (SSSR count). The third-order valence-electron chi connectivity index (χ3n) is 3.63. The molecular formula is C13H22N2S. The molecule has 2 atom stereocenters. The number of nitrogens with one attached hydrogen (secondary N) is 1. The lowest BCUT2D eigenvalue weighted by Gasteiger charge is -2.39. The van der Waals surface area contributed by atoms with E-state index in [1.807, 2.05) is 11.8 Å². The Labute approximate surface area is 104 Å². The number of terminal acetylenes is 1. The summed E-state index contributed by atoms with van der Waals surface area (Å²) in [5.41, 5.74) is 0. The third-order valence-corrected chi connectivity index (χ3v) is 4.47. The molecule has 2 fully saturated rings. The van der Waals surface area contributed by atoms with E-state index >= 15 is 0 Å². The van der Waals surface area contributed by atoms with Crippen LogP contribution in [0.25, 0.3) is 0 Å². The first-order valence-corrected chi connectivity index (χ1v) is 7.45. The highest BCUT2D eigenvalue weighted by molar-refractivity contribution is 7.99. The predicted octanol–water partition coefficient (Wildman–Crippen LogP) is 1.43. The summed E-state index contributed by atoms with van der Waals surface area (Å²) >= 11 is 1.88. The molecule has 1 saturated carbocycles. The fourth-order valence-electron chi connectivity index (χ4n) is 2.39. The Kier molecular flexibility index (Phi) is 4.57. The van der Waals surface area contributed by atoms with Crippen molar-refractivity contribution in [3.63, 3.8) is 0 Å². The molecule has 0 radical (unpaired) electrons. The van der Waals surface area contributed by atoms with Crippen molar-refractivity contribution >= 4 is 11.8 Å². The lowest BCUT2D eigenvalue weighted by atomic mass is 10.1. The highest BCUT2D eigenvalue weighted by atomic mass is 32.2. The summed E-state index contributed by atoms with van der Waals surface area (Å²) in [6.45, 7) is 5.91. The number of hydrogen-bond donors (Lipinski definition) is 1. The maximum absolute atomic E-state index is 5.25. The van der Waals surface area contributed by atoms with Crippen LogP contribution in [-0.4, -0.2) is 48.1 Å². The van der Waals surface area contributed by atoms with E-state index in [4.69, 9.17) is 6.42 Å². The van der Waals surface area contributed by atoms with Crippen molar-refractivity contribution in [1.82, 2.24) is 10.2 Å². The van der Waals surface area contributed by atoms with Gasteiger partial charge in [-0.2, -0.15) is 0 Å². The molecule has 0 spiro atoms. The summed E-state index contributed by atoms with van der Waals surface area (Å²) in [6.07, 6.45) is 8.12. The normalized spacial score (nSPS) is 31.2. The van der Waals surface area contributed by atoms with E-state index in [0.717, 1.165) is 24.3 Å². The first-order chi connectivity index (χ1) is 7.81. The third kappa shape index (κ3) is 3.41. The van der Waals surface area contributed by atoms with Crippen molar-refractivity contribution < 1.29 is 0 Å². The monoisotopic (exact) mass is 238 g/mol. The van der Waals surface area contributed by atoms with Crippen molar-refractivity contribution in [3.05, 3.63) is 0 Å². The molecule has 1 aliphatic carbocycles. The fourth-order valence-corrected chi connectivity index (χ4v) is 3.01. The van der Waals surface area contributed by atoms with Gasteiger partial charge in [-0.05, 0) is 25.7 Å². The number of nitrogens with zero attached hydrogens (tertiary/aromatic N) is 1. The maximum Gasteiger partial charge on any atom is 0.0545 e. The molecule has 0 aromatic rings. The Morgan fingerprint density at radius 1 is 1.50 bits per heavy atom. The van der Waals surface area contributed by atoms with Gasteiger partial charge in [0.15, 0.2) is 0 Å². The molecule has 2 nitrogen and oxygen atoms in total. The maximum atomic E-state index is 5.25. The summed E-state index contributed by atoms with van der Waals surface area (Å²) < 4.78 is 0. The molecular weight excluding hydrogens is 216 g/mol. The van der Waals surface area contributed by atoms with Gasteiger partial charge in [0.1, 0.15) is 0 Å². The zero-order chi connectivity index (χ0) is 11.4. The van der Waals surface area contributed by atoms with Crippen molar-refractivity contribution in [3.8, 4) is 12.3 Å². The minimum atomic E-state index is 0.682. The van der Waals surface area contributed by atoms with Crippen molar-refractivity contribution in [1.29, 1.82) is 0 Å². The average Bonchev–Trinajstić information content (AvgIpc) is 3.10. The molecule has 1 saturated heterocycles. The minimum absolute atomic E-state index is 0.682. The van der Waals surface area contributed by atoms with Crippen LogP contribution in [0.2, 0.25) is 0 Å². The molecule has 0 aromatic carbocycles. The molecule has 1 aliphatic heterocycles. The minimum Gasteiger partial charge on any atom is -0.311 e. The smallest absolute Gasteiger partial charge is 0.0545 e. The average molecular weight is 238 g/mol. The summed E-state index contributed by atoms with van der Waals surface area (Å²) in [4.78, 5) is 2.63. The quantitative estimate of drug-likeness (QED) is 0.576. The summed E-state index contributed by atoms with van der Waals surface area (Å²) in [5.74, 6) is 5.68. The second kappa shape index (κ2) is 5.95. The summed E-state index contributed by atoms with van der Waals surface area (Å²) in [7, 11) is 0. The topological polar surface area (TPSA) is 15.3 Å². The van der Waals surface area contributed by atoms with Crippen LogP contribution >= 0.6 is 11.8 Å². The van der Waals surface area contributed by atoms with Crippen molar-refractivity contribution in [2.24, 2.45) is 5.92 Å². The first-order valence-electron chi connectivity index (χ1n) is 6.30. The van der Waals surface area contributed by atoms with E-state index < -0.39 is 0 Å². The first kappa shape index (κ1) is 12.3. The number of thioether (sulfide) groups is 1. The van der Waals surface area contributed by atoms with E-state index in [1.165, 1.54) is 31.7 Å². The van der Waals surface area contributed by atoms with Crippen LogP contribution in [0.3, 0.4) is 0 Å². The van der Waals surface area contributed by atoms with Crippen LogP contribution in [0.1, 0.15) is 19.8 Å². The Balaban J connectivity index is 1.70. The lowest BCUT2D eigenvalue weighted by Crippen LogP contribution is -2.56. The molecule has 2 aliphatic rings. The molecule has 0 amide bonds. The highest BCUT2D eigenvalue weighted by Gasteiger charge is 2.35. The molecule has 1 N–H and O–H groups in total. The fraction of sp³-hybridized carbons (Fsp3) is 0.846. The van der Waals surface area contributed by atoms with Crippen molar-refractivity contribution in [2.45, 2.75) is 31.8 Å². The Morgan fingerprint density at radius 2 is 2.31 bits per heavy atom. The van der Waals surface area contributed by atoms with E-state index in [1.54, 1.807) is 0 Å². The largest absolute Gasteiger partial charge is 0.311 e. The SMILES string of the molecule is C#CCSCCN1CC(C2CC2)NCC1C. The van der Waals surface area contributed by atoms with Gasteiger partial charge in [-0.3, -0.25) is 4.90 Å². The van der Waals surface area contributed by atoms with E-state index in [2.05, 4.69) is 23.1 Å². The molecule has 0 aromatic heterocycles. The van der Waals surface area contributed by atoms with Crippen LogP contribution in [0.15, 0.2) is 0 Å². The van der Waals surface area contributed by atoms with Crippen LogP contribution in [0, 0.1) is 18.3 Å². The van der Waals surface area contributed by atoms with Gasteiger partial charge < -0.3 is 5.32 Å². The second-order valence-electron chi connectivity index (χ2n) is 4.95. The van der Waals surface area contributed by atoms with Crippen LogP contribution in [0.4, 0.5) is 0 Å². The molecule has 1 heterocycles. The Bertz CT molecular complexity index is 257. The van der Waals surface area contributed by atoms with Gasteiger partial charge >= 0.3 is 0 Å². The van der Waals surface area contributed by atoms with Crippen LogP contribution in [0.5, 0.6) is 0 Å². The van der Waals surface area contributed by atoms with E-state index in [-0.39, 0.29) is 0 Å². The van der Waals surface area contributed by atoms with E-state index in [9.17, 15) is 0 Å². The van der Waals surface area contributed by atoms with Gasteiger partial charge in [-0.25, -0.2) is 0 Å². The van der Waals surface area contributed by atoms with Crippen LogP contribution in [-0.2, 0) is 0 Å². The number of piperazine rings is 1. The Hall–Kier alpha value is -0.170. The molecule has 90 valence electrons. The van der Waals surface area contributed by atoms with Crippen LogP contribution < -0.4 is 5.32 Å². The molecule has 0 bridgehead atoms. The molecule has 2 unspecified atom stereocenters. The van der Waals surface area contributed by atoms with Gasteiger partial charge in [-0.1, -0.05) is 5.92 Å². The van der Waals surface area contributed by atoms with E-state index in [0.29, 0.717) is 6.04 Å². The molecule has 3 heteroatoms. The standard InChI is InChI=1S/C13H22N2S/c1-3-7-16-8-6-15-10-13(12-4-5-12)14-9-11(15)2/h1,11-14H,4-10H2,2H3. The van der Waals surface area contributed by atoms with Gasteiger partial charge in [0.2, 0.25) is 0 Å². The highest BCUT2D eigenvalue weighted by Crippen LogP contribution is 2.34. The summed E-state index contributed by atoms with van der Waals surface area (Å²) in [6, 6.07) is 1.44. The zero-order valence-electron chi connectivity index (χ0n) is 10.1. The second-order valence-corrected chi connectivity index (χ2v) is 6.06. The number of rotatable bonds is 5. The predicted molar refractivity (Wildman–Crippen MR) is 71.7 cm³/mol. The van der Waals surface area contributed by atoms with Gasteiger partial charge in [0.05, 0.1) is 5.75 Å².